The number of hydrogen-bond acceptors (Lipinski definition) is 2. The number of hydrogen-bond donors (Lipinski definition) is 2. The maximum absolute atomic E-state index is 12.1. The summed E-state index contributed by atoms with van der Waals surface area (Å²) >= 11 is 0. The number of likely N-dealkylation sites (tertiary alicyclic amines) is 1. The predicted molar refractivity (Wildman–Crippen MR) is 86.5 cm³/mol. The van der Waals surface area contributed by atoms with Gasteiger partial charge in [-0.1, -0.05) is 42.7 Å². The van der Waals surface area contributed by atoms with Gasteiger partial charge in [-0.05, 0) is 25.3 Å². The fourth-order valence-corrected chi connectivity index (χ4v) is 2.54. The molecule has 0 spiro atoms. The van der Waals surface area contributed by atoms with Crippen LogP contribution < -0.4 is 10.6 Å². The van der Waals surface area contributed by atoms with Crippen molar-refractivity contribution in [3.05, 3.63) is 35.4 Å². The van der Waals surface area contributed by atoms with Crippen LogP contribution in [0.1, 0.15) is 36.8 Å². The molecule has 0 aliphatic carbocycles. The molecule has 0 atom stereocenters. The number of benzene rings is 1. The minimum Gasteiger partial charge on any atom is -0.341 e. The Kier molecular flexibility index (Phi) is 6.25. The smallest absolute Gasteiger partial charge is 0.315 e. The third-order valence-corrected chi connectivity index (χ3v) is 3.93. The molecule has 1 aliphatic heterocycles. The molecule has 1 fully saturated rings. The first-order chi connectivity index (χ1) is 10.6. The van der Waals surface area contributed by atoms with Crippen molar-refractivity contribution in [3.63, 3.8) is 0 Å². The van der Waals surface area contributed by atoms with E-state index in [-0.39, 0.29) is 18.5 Å². The number of rotatable bonds is 4. The van der Waals surface area contributed by atoms with E-state index in [1.807, 2.05) is 36.1 Å². The average molecular weight is 303 g/mol. The van der Waals surface area contributed by atoms with Gasteiger partial charge in [0.15, 0.2) is 0 Å². The van der Waals surface area contributed by atoms with Crippen LogP contribution in [0.15, 0.2) is 24.3 Å². The number of nitrogens with one attached hydrogen (secondary N) is 2. The summed E-state index contributed by atoms with van der Waals surface area (Å²) in [5.74, 6) is 0.00684. The minimum absolute atomic E-state index is 0.00684. The highest BCUT2D eigenvalue weighted by atomic mass is 16.2. The van der Waals surface area contributed by atoms with E-state index in [1.165, 1.54) is 18.4 Å². The van der Waals surface area contributed by atoms with Crippen molar-refractivity contribution >= 4 is 11.9 Å². The lowest BCUT2D eigenvalue weighted by Gasteiger charge is -2.20. The Bertz CT molecular complexity index is 491. The molecule has 120 valence electrons. The van der Waals surface area contributed by atoms with Gasteiger partial charge in [0.05, 0.1) is 6.54 Å². The minimum atomic E-state index is -0.302. The molecule has 2 N–H and O–H groups in total. The fourth-order valence-electron chi connectivity index (χ4n) is 2.54. The number of nitrogens with zero attached hydrogens (tertiary/aromatic N) is 1. The monoisotopic (exact) mass is 303 g/mol. The summed E-state index contributed by atoms with van der Waals surface area (Å²) < 4.78 is 0. The summed E-state index contributed by atoms with van der Waals surface area (Å²) in [4.78, 5) is 25.7. The summed E-state index contributed by atoms with van der Waals surface area (Å²) in [6, 6.07) is 7.69. The zero-order chi connectivity index (χ0) is 15.8. The standard InChI is InChI=1S/C17H25N3O2/c1-14-6-8-15(9-7-14)12-18-17(22)19-13-16(21)20-10-4-2-3-5-11-20/h6-9H,2-5,10-13H2,1H3,(H2,18,19,22). The van der Waals surface area contributed by atoms with Gasteiger partial charge in [-0.3, -0.25) is 4.79 Å². The average Bonchev–Trinajstić information content (AvgIpc) is 2.81. The van der Waals surface area contributed by atoms with Crippen LogP contribution in [0.5, 0.6) is 0 Å². The Morgan fingerprint density at radius 1 is 1.00 bits per heavy atom. The van der Waals surface area contributed by atoms with Crippen LogP contribution in [0.2, 0.25) is 0 Å². The van der Waals surface area contributed by atoms with E-state index in [2.05, 4.69) is 10.6 Å². The summed E-state index contributed by atoms with van der Waals surface area (Å²) in [6.45, 7) is 4.18. The van der Waals surface area contributed by atoms with Crippen molar-refractivity contribution in [2.75, 3.05) is 19.6 Å². The van der Waals surface area contributed by atoms with Crippen LogP contribution in [0.25, 0.3) is 0 Å². The van der Waals surface area contributed by atoms with Gasteiger partial charge in [0.2, 0.25) is 5.91 Å². The maximum Gasteiger partial charge on any atom is 0.315 e. The molecule has 3 amide bonds. The third kappa shape index (κ3) is 5.39. The molecule has 22 heavy (non-hydrogen) atoms. The second kappa shape index (κ2) is 8.41. The van der Waals surface area contributed by atoms with Crippen LogP contribution in [0.4, 0.5) is 4.79 Å². The van der Waals surface area contributed by atoms with Gasteiger partial charge >= 0.3 is 6.03 Å². The summed E-state index contributed by atoms with van der Waals surface area (Å²) in [5.41, 5.74) is 2.23. The van der Waals surface area contributed by atoms with E-state index >= 15 is 0 Å². The van der Waals surface area contributed by atoms with Crippen molar-refractivity contribution in [1.82, 2.24) is 15.5 Å². The Hall–Kier alpha value is -2.04. The van der Waals surface area contributed by atoms with Crippen LogP contribution in [-0.4, -0.2) is 36.5 Å². The van der Waals surface area contributed by atoms with Gasteiger partial charge in [0, 0.05) is 19.6 Å². The second-order valence-electron chi connectivity index (χ2n) is 5.82. The molecule has 0 radical (unpaired) electrons. The molecule has 1 aliphatic rings. The number of amides is 3. The molecule has 0 saturated carbocycles. The first-order valence-electron chi connectivity index (χ1n) is 8.00. The Morgan fingerprint density at radius 2 is 1.64 bits per heavy atom. The van der Waals surface area contributed by atoms with Crippen molar-refractivity contribution in [2.45, 2.75) is 39.2 Å². The quantitative estimate of drug-likeness (QED) is 0.896. The SMILES string of the molecule is Cc1ccc(CNC(=O)NCC(=O)N2CCCCCC2)cc1. The fraction of sp³-hybridized carbons (Fsp3) is 0.529. The normalized spacial score (nSPS) is 15.0. The first-order valence-corrected chi connectivity index (χ1v) is 8.00. The molecule has 1 heterocycles. The van der Waals surface area contributed by atoms with Gasteiger partial charge in [-0.2, -0.15) is 0 Å². The van der Waals surface area contributed by atoms with Gasteiger partial charge < -0.3 is 15.5 Å². The third-order valence-electron chi connectivity index (χ3n) is 3.93. The number of carbonyl (C=O) groups is 2. The molecule has 0 aromatic heterocycles. The van der Waals surface area contributed by atoms with E-state index in [0.29, 0.717) is 6.54 Å². The molecule has 0 unspecified atom stereocenters. The number of carbonyl (C=O) groups excluding carboxylic acids is 2. The first kappa shape index (κ1) is 16.3. The van der Waals surface area contributed by atoms with Crippen LogP contribution in [-0.2, 0) is 11.3 Å². The topological polar surface area (TPSA) is 61.4 Å². The Labute approximate surface area is 132 Å². The summed E-state index contributed by atoms with van der Waals surface area (Å²) in [5, 5.41) is 5.41. The molecular weight excluding hydrogens is 278 g/mol. The van der Waals surface area contributed by atoms with E-state index < -0.39 is 0 Å². The Balaban J connectivity index is 1.68. The lowest BCUT2D eigenvalue weighted by atomic mass is 10.1. The van der Waals surface area contributed by atoms with Crippen LogP contribution >= 0.6 is 0 Å². The van der Waals surface area contributed by atoms with Crippen LogP contribution in [0.3, 0.4) is 0 Å². The predicted octanol–water partition coefficient (Wildman–Crippen LogP) is 2.20. The highest BCUT2D eigenvalue weighted by Crippen LogP contribution is 2.09. The van der Waals surface area contributed by atoms with Crippen molar-refractivity contribution in [3.8, 4) is 0 Å². The van der Waals surface area contributed by atoms with Crippen molar-refractivity contribution < 1.29 is 9.59 Å². The lowest BCUT2D eigenvalue weighted by Crippen LogP contribution is -2.43. The molecular formula is C17H25N3O2. The van der Waals surface area contributed by atoms with Gasteiger partial charge in [0.1, 0.15) is 0 Å². The summed E-state index contributed by atoms with van der Waals surface area (Å²) in [7, 11) is 0. The molecule has 0 bridgehead atoms. The van der Waals surface area contributed by atoms with Crippen LogP contribution in [0, 0.1) is 6.92 Å². The second-order valence-corrected chi connectivity index (χ2v) is 5.82. The van der Waals surface area contributed by atoms with E-state index in [0.717, 1.165) is 31.5 Å². The molecule has 1 aromatic rings. The number of aryl methyl sites for hydroxylation is 1. The van der Waals surface area contributed by atoms with Crippen molar-refractivity contribution in [1.29, 1.82) is 0 Å². The molecule has 5 heteroatoms. The highest BCUT2D eigenvalue weighted by molar-refractivity contribution is 5.84. The lowest BCUT2D eigenvalue weighted by molar-refractivity contribution is -0.130. The summed E-state index contributed by atoms with van der Waals surface area (Å²) in [6.07, 6.45) is 4.50. The molecule has 1 aromatic carbocycles. The zero-order valence-corrected chi connectivity index (χ0v) is 13.2. The molecule has 5 nitrogen and oxygen atoms in total. The maximum atomic E-state index is 12.1. The molecule has 2 rings (SSSR count). The Morgan fingerprint density at radius 3 is 2.27 bits per heavy atom. The van der Waals surface area contributed by atoms with E-state index in [9.17, 15) is 9.59 Å². The highest BCUT2D eigenvalue weighted by Gasteiger charge is 2.15. The largest absolute Gasteiger partial charge is 0.341 e. The zero-order valence-electron chi connectivity index (χ0n) is 13.2. The van der Waals surface area contributed by atoms with Gasteiger partial charge in [-0.25, -0.2) is 4.79 Å². The van der Waals surface area contributed by atoms with Gasteiger partial charge in [-0.15, -0.1) is 0 Å². The van der Waals surface area contributed by atoms with E-state index in [1.54, 1.807) is 0 Å². The number of urea groups is 1. The van der Waals surface area contributed by atoms with Crippen molar-refractivity contribution in [2.24, 2.45) is 0 Å². The van der Waals surface area contributed by atoms with Gasteiger partial charge in [0.25, 0.3) is 0 Å². The van der Waals surface area contributed by atoms with E-state index in [4.69, 9.17) is 0 Å². The molecule has 1 saturated heterocycles.